The van der Waals surface area contributed by atoms with Gasteiger partial charge in [0.2, 0.25) is 10.0 Å². The second-order valence-electron chi connectivity index (χ2n) is 5.50. The highest BCUT2D eigenvalue weighted by atomic mass is 35.5. The lowest BCUT2D eigenvalue weighted by molar-refractivity contribution is -0.111. The van der Waals surface area contributed by atoms with Crippen molar-refractivity contribution in [2.24, 2.45) is 5.14 Å². The Balaban J connectivity index is 0.00000338. The summed E-state index contributed by atoms with van der Waals surface area (Å²) in [5.41, 5.74) is 0.443. The molecule has 0 spiro atoms. The van der Waals surface area contributed by atoms with E-state index in [-0.39, 0.29) is 46.6 Å². The molecule has 0 saturated heterocycles. The molecule has 26 heavy (non-hydrogen) atoms. The molecule has 0 saturated carbocycles. The van der Waals surface area contributed by atoms with Crippen LogP contribution in [-0.2, 0) is 29.5 Å². The summed E-state index contributed by atoms with van der Waals surface area (Å²) in [5, 5.41) is 8.34. The van der Waals surface area contributed by atoms with E-state index in [1.165, 1.54) is 17.5 Å². The van der Waals surface area contributed by atoms with E-state index in [4.69, 9.17) is 14.6 Å². The van der Waals surface area contributed by atoms with E-state index in [0.29, 0.717) is 23.4 Å². The summed E-state index contributed by atoms with van der Waals surface area (Å²) < 4.78 is 60.4. The Hall–Kier alpha value is -0.310. The molecule has 0 aliphatic carbocycles. The highest BCUT2D eigenvalue weighted by Crippen LogP contribution is 2.39. The van der Waals surface area contributed by atoms with E-state index in [2.05, 4.69) is 5.32 Å². The third-order valence-electron chi connectivity index (χ3n) is 3.79. The number of nitrogens with two attached hydrogens (primary N) is 1. The fourth-order valence-electron chi connectivity index (χ4n) is 2.49. The normalized spacial score (nSPS) is 21.0. The minimum atomic E-state index is -3.97. The fraction of sp³-hybridized carbons (Fsp3) is 0.692. The van der Waals surface area contributed by atoms with Gasteiger partial charge in [-0.25, -0.2) is 22.0 Å². The zero-order chi connectivity index (χ0) is 18.8. The minimum Gasteiger partial charge on any atom is -0.356 e. The number of thiophene rings is 1. The molecular weight excluding hydrogens is 426 g/mol. The number of fused-ring (bicyclic) bond motifs is 1. The molecule has 1 aromatic heterocycles. The van der Waals surface area contributed by atoms with Gasteiger partial charge in [-0.3, -0.25) is 0 Å². The van der Waals surface area contributed by atoms with Crippen molar-refractivity contribution in [3.8, 4) is 0 Å². The lowest BCUT2D eigenvalue weighted by Crippen LogP contribution is -2.44. The van der Waals surface area contributed by atoms with Crippen LogP contribution in [0.15, 0.2) is 14.5 Å². The first-order chi connectivity index (χ1) is 11.6. The van der Waals surface area contributed by atoms with Crippen LogP contribution < -0.4 is 10.5 Å². The number of nitrogens with zero attached hydrogens (tertiary/aromatic N) is 1. The molecule has 0 bridgehead atoms. The number of rotatable bonds is 8. The number of sulfonamides is 2. The molecule has 2 rings (SSSR count). The highest BCUT2D eigenvalue weighted by molar-refractivity contribution is 7.94. The molecule has 9 nitrogen and oxygen atoms in total. The van der Waals surface area contributed by atoms with Crippen LogP contribution in [0.3, 0.4) is 0 Å². The smallest absolute Gasteiger partial charge is 0.253 e. The molecule has 3 N–H and O–H groups in total. The van der Waals surface area contributed by atoms with Gasteiger partial charge in [0.15, 0.2) is 6.29 Å². The monoisotopic (exact) mass is 449 g/mol. The van der Waals surface area contributed by atoms with Crippen molar-refractivity contribution in [2.45, 2.75) is 34.6 Å². The van der Waals surface area contributed by atoms with Gasteiger partial charge in [0.05, 0.1) is 6.61 Å². The van der Waals surface area contributed by atoms with Crippen molar-refractivity contribution >= 4 is 43.8 Å². The molecule has 1 aliphatic rings. The number of halogens is 1. The number of hydrogen-bond donors (Lipinski definition) is 2. The van der Waals surface area contributed by atoms with Gasteiger partial charge in [-0.15, -0.1) is 23.7 Å². The molecular formula is C13H24ClN3O6S3. The molecule has 152 valence electrons. The van der Waals surface area contributed by atoms with Crippen molar-refractivity contribution < 1.29 is 26.3 Å². The Morgan fingerprint density at radius 1 is 1.50 bits per heavy atom. The van der Waals surface area contributed by atoms with Gasteiger partial charge in [-0.05, 0) is 19.5 Å². The zero-order valence-electron chi connectivity index (χ0n) is 14.7. The van der Waals surface area contributed by atoms with E-state index in [1.54, 1.807) is 6.92 Å². The Labute approximate surface area is 164 Å². The summed E-state index contributed by atoms with van der Waals surface area (Å²) in [5.74, 6) is 0. The van der Waals surface area contributed by atoms with Crippen LogP contribution >= 0.6 is 23.7 Å². The van der Waals surface area contributed by atoms with Crippen LogP contribution in [0, 0.1) is 0 Å². The van der Waals surface area contributed by atoms with E-state index < -0.39 is 26.3 Å². The maximum atomic E-state index is 12.8. The molecule has 13 heteroatoms. The maximum Gasteiger partial charge on any atom is 0.253 e. The van der Waals surface area contributed by atoms with E-state index in [0.717, 1.165) is 0 Å². The Morgan fingerprint density at radius 2 is 2.15 bits per heavy atom. The van der Waals surface area contributed by atoms with Crippen LogP contribution in [0.1, 0.15) is 25.5 Å². The van der Waals surface area contributed by atoms with E-state index in [9.17, 15) is 16.8 Å². The van der Waals surface area contributed by atoms with Crippen molar-refractivity contribution in [1.29, 1.82) is 0 Å². The van der Waals surface area contributed by atoms with Gasteiger partial charge >= 0.3 is 0 Å². The van der Waals surface area contributed by atoms with Crippen LogP contribution in [0.5, 0.6) is 0 Å². The lowest BCUT2D eigenvalue weighted by Gasteiger charge is -2.32. The largest absolute Gasteiger partial charge is 0.356 e. The molecule has 1 aliphatic heterocycles. The van der Waals surface area contributed by atoms with Gasteiger partial charge in [0.1, 0.15) is 8.42 Å². The number of methoxy groups -OCH3 is 1. The standard InChI is InChI=1S/C13H23N3O6S3.ClH/c1-4-15-11-8-16(5-6-22-9(2)21-3)25(19,20)13-10(11)7-12(23-13)24(14,17)18;/h7,9,11,15H,4-6,8H2,1-3H3,(H2,14,17,18);1H/t9?,11-;/m0./s1. The second kappa shape index (κ2) is 9.26. The molecule has 0 aromatic carbocycles. The third kappa shape index (κ3) is 5.14. The molecule has 2 heterocycles. The second-order valence-corrected chi connectivity index (χ2v) is 10.5. The number of hydrogen-bond acceptors (Lipinski definition) is 8. The summed E-state index contributed by atoms with van der Waals surface area (Å²) in [7, 11) is -6.28. The van der Waals surface area contributed by atoms with Gasteiger partial charge in [0.25, 0.3) is 10.0 Å². The fourth-order valence-corrected chi connectivity index (χ4v) is 6.74. The van der Waals surface area contributed by atoms with Crippen molar-refractivity contribution in [3.05, 3.63) is 11.6 Å². The highest BCUT2D eigenvalue weighted by Gasteiger charge is 2.39. The number of ether oxygens (including phenoxy) is 2. The first-order valence-corrected chi connectivity index (χ1v) is 11.5. The minimum absolute atomic E-state index is 0. The van der Waals surface area contributed by atoms with Crippen molar-refractivity contribution in [3.63, 3.8) is 0 Å². The predicted octanol–water partition coefficient (Wildman–Crippen LogP) is 0.481. The van der Waals surface area contributed by atoms with E-state index in [1.807, 2.05) is 6.92 Å². The summed E-state index contributed by atoms with van der Waals surface area (Å²) in [6.45, 7) is 4.70. The van der Waals surface area contributed by atoms with Crippen LogP contribution in [-0.4, -0.2) is 60.8 Å². The number of likely N-dealkylation sites (N-methyl/N-ethyl adjacent to an activating group) is 1. The summed E-state index contributed by atoms with van der Waals surface area (Å²) in [6.07, 6.45) is -0.441. The topological polar surface area (TPSA) is 128 Å². The number of primary sulfonamides is 1. The molecule has 0 amide bonds. The van der Waals surface area contributed by atoms with Crippen molar-refractivity contribution in [2.75, 3.05) is 33.4 Å². The SMILES string of the molecule is CCN[C@H]1CN(CCOC(C)OC)S(=O)(=O)c2sc(S(N)(=O)=O)cc21.Cl. The van der Waals surface area contributed by atoms with Crippen LogP contribution in [0.2, 0.25) is 0 Å². The Bertz CT molecular complexity index is 811. The summed E-state index contributed by atoms with van der Waals surface area (Å²) in [4.78, 5) is 0. The van der Waals surface area contributed by atoms with E-state index >= 15 is 0 Å². The number of nitrogens with one attached hydrogen (secondary N) is 1. The molecule has 0 fully saturated rings. The summed E-state index contributed by atoms with van der Waals surface area (Å²) >= 11 is 0.679. The average molecular weight is 450 g/mol. The Kier molecular flexibility index (Phi) is 8.45. The average Bonchev–Trinajstić information content (AvgIpc) is 2.98. The molecule has 1 aromatic rings. The van der Waals surface area contributed by atoms with Gasteiger partial charge in [0, 0.05) is 31.8 Å². The summed E-state index contributed by atoms with van der Waals surface area (Å²) in [6, 6.07) is 1.04. The van der Waals surface area contributed by atoms with Crippen molar-refractivity contribution in [1.82, 2.24) is 9.62 Å². The first-order valence-electron chi connectivity index (χ1n) is 7.65. The van der Waals surface area contributed by atoms with Gasteiger partial charge < -0.3 is 14.8 Å². The molecule has 2 atom stereocenters. The first kappa shape index (κ1) is 23.7. The quantitative estimate of drug-likeness (QED) is 0.552. The van der Waals surface area contributed by atoms with Crippen LogP contribution in [0.4, 0.5) is 0 Å². The zero-order valence-corrected chi connectivity index (χ0v) is 17.9. The van der Waals surface area contributed by atoms with Gasteiger partial charge in [-0.1, -0.05) is 6.92 Å². The molecule has 1 unspecified atom stereocenters. The Morgan fingerprint density at radius 3 is 2.69 bits per heavy atom. The third-order valence-corrected chi connectivity index (χ3v) is 8.76. The van der Waals surface area contributed by atoms with Gasteiger partial charge in [-0.2, -0.15) is 4.31 Å². The maximum absolute atomic E-state index is 12.8. The predicted molar refractivity (Wildman–Crippen MR) is 101 cm³/mol. The van der Waals surface area contributed by atoms with Crippen LogP contribution in [0.25, 0.3) is 0 Å². The lowest BCUT2D eigenvalue weighted by atomic mass is 10.1. The molecule has 0 radical (unpaired) electrons.